The summed E-state index contributed by atoms with van der Waals surface area (Å²) in [6.07, 6.45) is 0.523. The third-order valence-corrected chi connectivity index (χ3v) is 2.02. The average molecular weight is 222 g/mol. The van der Waals surface area contributed by atoms with Gasteiger partial charge in [-0.05, 0) is 0 Å². The number of ether oxygens (including phenoxy) is 2. The summed E-state index contributed by atoms with van der Waals surface area (Å²) in [6, 6.07) is 5.05. The summed E-state index contributed by atoms with van der Waals surface area (Å²) in [7, 11) is 1.50. The summed E-state index contributed by atoms with van der Waals surface area (Å²) in [4.78, 5) is 0. The molecule has 0 saturated heterocycles. The predicted octanol–water partition coefficient (Wildman–Crippen LogP) is 0.910. The van der Waals surface area contributed by atoms with E-state index in [1.54, 1.807) is 6.07 Å². The Balaban J connectivity index is 2.92. The summed E-state index contributed by atoms with van der Waals surface area (Å²) in [5, 5.41) is 17.4. The number of benzene rings is 1. The second-order valence-electron chi connectivity index (χ2n) is 3.13. The van der Waals surface area contributed by atoms with Crippen molar-refractivity contribution < 1.29 is 14.6 Å². The van der Waals surface area contributed by atoms with Gasteiger partial charge in [0.25, 0.3) is 0 Å². The number of nitriles is 1. The minimum absolute atomic E-state index is 0.0579. The van der Waals surface area contributed by atoms with Gasteiger partial charge in [-0.25, -0.2) is 0 Å². The molecule has 0 aromatic heterocycles. The van der Waals surface area contributed by atoms with Crippen molar-refractivity contribution >= 4 is 5.69 Å². The Kier molecular flexibility index (Phi) is 4.42. The first kappa shape index (κ1) is 12.1. The molecule has 0 atom stereocenters. The number of nitrogen functional groups attached to an aromatic ring is 1. The van der Waals surface area contributed by atoms with Crippen molar-refractivity contribution in [3.05, 3.63) is 17.7 Å². The van der Waals surface area contributed by atoms with Crippen LogP contribution in [0.4, 0.5) is 5.69 Å². The number of nitrogens with zero attached hydrogens (tertiary/aromatic N) is 1. The minimum Gasteiger partial charge on any atom is -0.493 e. The number of anilines is 1. The molecular formula is C11H14N2O3. The Morgan fingerprint density at radius 2 is 2.19 bits per heavy atom. The second-order valence-corrected chi connectivity index (χ2v) is 3.13. The Hall–Kier alpha value is -1.93. The van der Waals surface area contributed by atoms with Crippen molar-refractivity contribution in [2.24, 2.45) is 0 Å². The van der Waals surface area contributed by atoms with Crippen molar-refractivity contribution in [1.29, 1.82) is 5.26 Å². The molecule has 0 spiro atoms. The normalized spacial score (nSPS) is 9.56. The van der Waals surface area contributed by atoms with Gasteiger partial charge >= 0.3 is 0 Å². The largest absolute Gasteiger partial charge is 0.493 e. The van der Waals surface area contributed by atoms with Gasteiger partial charge in [0.15, 0.2) is 11.5 Å². The third kappa shape index (κ3) is 2.78. The van der Waals surface area contributed by atoms with E-state index in [-0.39, 0.29) is 6.61 Å². The smallest absolute Gasteiger partial charge is 0.162 e. The minimum atomic E-state index is 0.0579. The summed E-state index contributed by atoms with van der Waals surface area (Å²) in [6.45, 7) is 0.421. The average Bonchev–Trinajstić information content (AvgIpc) is 2.30. The van der Waals surface area contributed by atoms with Gasteiger partial charge in [0, 0.05) is 25.2 Å². The lowest BCUT2D eigenvalue weighted by molar-refractivity contribution is 0.228. The zero-order chi connectivity index (χ0) is 12.0. The van der Waals surface area contributed by atoms with E-state index in [0.29, 0.717) is 35.8 Å². The highest BCUT2D eigenvalue weighted by molar-refractivity contribution is 5.62. The van der Waals surface area contributed by atoms with Gasteiger partial charge in [-0.15, -0.1) is 0 Å². The number of methoxy groups -OCH3 is 1. The number of rotatable bonds is 5. The van der Waals surface area contributed by atoms with E-state index >= 15 is 0 Å². The third-order valence-electron chi connectivity index (χ3n) is 2.02. The quantitative estimate of drug-likeness (QED) is 0.571. The molecule has 5 nitrogen and oxygen atoms in total. The highest BCUT2D eigenvalue weighted by Crippen LogP contribution is 2.31. The Morgan fingerprint density at radius 3 is 2.75 bits per heavy atom. The van der Waals surface area contributed by atoms with E-state index in [2.05, 4.69) is 0 Å². The lowest BCUT2D eigenvalue weighted by Crippen LogP contribution is -2.02. The molecule has 0 fully saturated rings. The van der Waals surface area contributed by atoms with E-state index in [0.717, 1.165) is 0 Å². The number of hydrogen-bond acceptors (Lipinski definition) is 5. The van der Waals surface area contributed by atoms with Crippen molar-refractivity contribution in [2.45, 2.75) is 6.42 Å². The van der Waals surface area contributed by atoms with E-state index in [1.165, 1.54) is 13.2 Å². The molecule has 3 N–H and O–H groups in total. The molecule has 0 aliphatic heterocycles. The van der Waals surface area contributed by atoms with Crippen LogP contribution < -0.4 is 15.2 Å². The van der Waals surface area contributed by atoms with Crippen LogP contribution in [0.25, 0.3) is 0 Å². The number of hydrogen-bond donors (Lipinski definition) is 2. The molecule has 5 heteroatoms. The van der Waals surface area contributed by atoms with E-state index in [4.69, 9.17) is 25.6 Å². The highest BCUT2D eigenvalue weighted by Gasteiger charge is 2.09. The standard InChI is InChI=1S/C11H14N2O3/c1-15-10-6-9(13)8(7-12)5-11(10)16-4-2-3-14/h5-6,14H,2-4,13H2,1H3. The molecule has 86 valence electrons. The maximum absolute atomic E-state index is 8.81. The molecule has 1 rings (SSSR count). The fourth-order valence-electron chi connectivity index (χ4n) is 1.19. The summed E-state index contributed by atoms with van der Waals surface area (Å²) in [5.41, 5.74) is 6.34. The molecular weight excluding hydrogens is 208 g/mol. The molecule has 0 saturated carbocycles. The van der Waals surface area contributed by atoms with Crippen LogP contribution in [-0.4, -0.2) is 25.4 Å². The lowest BCUT2D eigenvalue weighted by atomic mass is 10.2. The topological polar surface area (TPSA) is 88.5 Å². The molecule has 0 heterocycles. The summed E-state index contributed by atoms with van der Waals surface area (Å²) in [5.74, 6) is 0.941. The van der Waals surface area contributed by atoms with Gasteiger partial charge in [-0.1, -0.05) is 0 Å². The molecule has 0 amide bonds. The van der Waals surface area contributed by atoms with Crippen LogP contribution >= 0.6 is 0 Å². The van der Waals surface area contributed by atoms with Crippen molar-refractivity contribution in [3.63, 3.8) is 0 Å². The van der Waals surface area contributed by atoms with Crippen LogP contribution in [0.5, 0.6) is 11.5 Å². The molecule has 1 aromatic rings. The van der Waals surface area contributed by atoms with Crippen LogP contribution in [0.2, 0.25) is 0 Å². The molecule has 0 bridgehead atoms. The van der Waals surface area contributed by atoms with Crippen molar-refractivity contribution in [3.8, 4) is 17.6 Å². The van der Waals surface area contributed by atoms with Gasteiger partial charge in [-0.3, -0.25) is 0 Å². The Morgan fingerprint density at radius 1 is 1.44 bits per heavy atom. The Bertz CT molecular complexity index is 399. The SMILES string of the molecule is COc1cc(N)c(C#N)cc1OCCCO. The second kappa shape index (κ2) is 5.83. The first-order valence-corrected chi connectivity index (χ1v) is 4.84. The van der Waals surface area contributed by atoms with Crippen LogP contribution in [0.15, 0.2) is 12.1 Å². The van der Waals surface area contributed by atoms with Crippen LogP contribution in [0.1, 0.15) is 12.0 Å². The van der Waals surface area contributed by atoms with Gasteiger partial charge in [0.1, 0.15) is 6.07 Å². The number of nitrogens with two attached hydrogens (primary N) is 1. The number of aliphatic hydroxyl groups is 1. The number of aliphatic hydroxyl groups excluding tert-OH is 1. The summed E-state index contributed by atoms with van der Waals surface area (Å²) >= 11 is 0. The molecule has 16 heavy (non-hydrogen) atoms. The van der Waals surface area contributed by atoms with Crippen LogP contribution in [0.3, 0.4) is 0 Å². The fraction of sp³-hybridized carbons (Fsp3) is 0.364. The molecule has 1 aromatic carbocycles. The molecule has 0 aliphatic carbocycles. The molecule has 0 unspecified atom stereocenters. The van der Waals surface area contributed by atoms with Gasteiger partial charge < -0.3 is 20.3 Å². The maximum atomic E-state index is 8.81. The van der Waals surface area contributed by atoms with Gasteiger partial charge in [-0.2, -0.15) is 5.26 Å². The maximum Gasteiger partial charge on any atom is 0.162 e. The van der Waals surface area contributed by atoms with E-state index in [9.17, 15) is 0 Å². The highest BCUT2D eigenvalue weighted by atomic mass is 16.5. The van der Waals surface area contributed by atoms with Crippen LogP contribution in [-0.2, 0) is 0 Å². The first-order valence-electron chi connectivity index (χ1n) is 4.84. The Labute approximate surface area is 94.0 Å². The molecule has 0 radical (unpaired) electrons. The first-order chi connectivity index (χ1) is 7.72. The van der Waals surface area contributed by atoms with Crippen molar-refractivity contribution in [2.75, 3.05) is 26.1 Å². The van der Waals surface area contributed by atoms with Gasteiger partial charge in [0.05, 0.1) is 25.0 Å². The zero-order valence-corrected chi connectivity index (χ0v) is 9.06. The van der Waals surface area contributed by atoms with E-state index < -0.39 is 0 Å². The predicted molar refractivity (Wildman–Crippen MR) is 59.3 cm³/mol. The summed E-state index contributed by atoms with van der Waals surface area (Å²) < 4.78 is 10.5. The fourth-order valence-corrected chi connectivity index (χ4v) is 1.19. The lowest BCUT2D eigenvalue weighted by Gasteiger charge is -2.11. The van der Waals surface area contributed by atoms with E-state index in [1.807, 2.05) is 6.07 Å². The zero-order valence-electron chi connectivity index (χ0n) is 9.06. The molecule has 0 aliphatic rings. The van der Waals surface area contributed by atoms with Gasteiger partial charge in [0.2, 0.25) is 0 Å². The monoisotopic (exact) mass is 222 g/mol. The van der Waals surface area contributed by atoms with Crippen LogP contribution in [0, 0.1) is 11.3 Å². The van der Waals surface area contributed by atoms with Crippen molar-refractivity contribution in [1.82, 2.24) is 0 Å².